The molecule has 2 aliphatic heterocycles. The summed E-state index contributed by atoms with van der Waals surface area (Å²) in [4.78, 5) is 6.47. The summed E-state index contributed by atoms with van der Waals surface area (Å²) in [5, 5.41) is 0. The van der Waals surface area contributed by atoms with Gasteiger partial charge in [0.05, 0.1) is 5.69 Å². The van der Waals surface area contributed by atoms with Crippen molar-refractivity contribution in [3.8, 4) is 0 Å². The van der Waals surface area contributed by atoms with Crippen molar-refractivity contribution in [3.05, 3.63) is 47.9 Å². The molecular formula is C22H27F3N4O3S. The van der Waals surface area contributed by atoms with Gasteiger partial charge in [-0.1, -0.05) is 12.5 Å². The van der Waals surface area contributed by atoms with E-state index < -0.39 is 38.1 Å². The third-order valence-electron chi connectivity index (χ3n) is 6.66. The molecule has 2 aliphatic rings. The van der Waals surface area contributed by atoms with Crippen molar-refractivity contribution in [1.29, 1.82) is 0 Å². The van der Waals surface area contributed by atoms with Gasteiger partial charge in [0.25, 0.3) is 10.0 Å². The summed E-state index contributed by atoms with van der Waals surface area (Å²) >= 11 is 0. The first-order valence-electron chi connectivity index (χ1n) is 10.8. The average Bonchev–Trinajstić information content (AvgIpc) is 3.21. The predicted molar refractivity (Wildman–Crippen MR) is 118 cm³/mol. The number of rotatable bonds is 6. The molecule has 2 saturated heterocycles. The van der Waals surface area contributed by atoms with Crippen LogP contribution in [0.25, 0.3) is 0 Å². The number of likely N-dealkylation sites (N-methyl/N-ethyl adjacent to an activating group) is 1. The number of hydrogen-bond acceptors (Lipinski definition) is 6. The molecule has 0 aliphatic carbocycles. The number of benzene rings is 1. The maximum Gasteiger partial charge on any atom is 0.266 e. The van der Waals surface area contributed by atoms with E-state index >= 15 is 4.39 Å². The number of hydrogen-bond donors (Lipinski definition) is 1. The maximum absolute atomic E-state index is 15.1. The molecule has 1 aromatic carbocycles. The van der Waals surface area contributed by atoms with E-state index in [1.54, 1.807) is 12.0 Å². The summed E-state index contributed by atoms with van der Waals surface area (Å²) in [5.41, 5.74) is -0.541. The first-order valence-corrected chi connectivity index (χ1v) is 12.3. The van der Waals surface area contributed by atoms with Crippen molar-refractivity contribution in [2.24, 2.45) is 0 Å². The minimum atomic E-state index is -4.52. The minimum Gasteiger partial charge on any atom is -0.375 e. The summed E-state index contributed by atoms with van der Waals surface area (Å²) in [7, 11) is -0.827. The van der Waals surface area contributed by atoms with Crippen molar-refractivity contribution in [1.82, 2.24) is 9.88 Å². The zero-order chi connectivity index (χ0) is 23.8. The second-order valence-corrected chi connectivity index (χ2v) is 10.2. The Morgan fingerprint density at radius 1 is 1.12 bits per heavy atom. The molecule has 4 rings (SSSR count). The third-order valence-corrected chi connectivity index (χ3v) is 8.03. The number of nitrogens with one attached hydrogen (secondary N) is 1. The smallest absolute Gasteiger partial charge is 0.266 e. The van der Waals surface area contributed by atoms with Gasteiger partial charge in [0.15, 0.2) is 11.6 Å². The van der Waals surface area contributed by atoms with Gasteiger partial charge in [0, 0.05) is 26.2 Å². The molecule has 180 valence electrons. The van der Waals surface area contributed by atoms with Crippen LogP contribution in [0.15, 0.2) is 35.2 Å². The van der Waals surface area contributed by atoms with Gasteiger partial charge in [-0.2, -0.15) is 4.39 Å². The minimum absolute atomic E-state index is 0.0206. The second-order valence-electron chi connectivity index (χ2n) is 8.59. The molecule has 1 N–H and O–H groups in total. The standard InChI is InChI=1S/C22H27F3N4O3S/c1-28-12-4-3-6-17(28)22(32-2)11-13-29(14-22)15-9-10-16(21(25)20(15)24)33(30,31)27-19-8-5-7-18(23)26-19/h5,7-10,17H,3-4,6,11-14H2,1-2H3,(H,26,27). The molecule has 2 unspecified atom stereocenters. The van der Waals surface area contributed by atoms with E-state index in [9.17, 15) is 17.2 Å². The van der Waals surface area contributed by atoms with Crippen LogP contribution >= 0.6 is 0 Å². The maximum atomic E-state index is 15.1. The molecule has 33 heavy (non-hydrogen) atoms. The van der Waals surface area contributed by atoms with Gasteiger partial charge < -0.3 is 14.5 Å². The van der Waals surface area contributed by atoms with E-state index in [0.717, 1.165) is 37.9 Å². The Labute approximate surface area is 191 Å². The van der Waals surface area contributed by atoms with Gasteiger partial charge in [-0.3, -0.25) is 4.72 Å². The number of sulfonamides is 1. The quantitative estimate of drug-likeness (QED) is 0.634. The molecule has 3 heterocycles. The Hall–Kier alpha value is -2.37. The lowest BCUT2D eigenvalue weighted by atomic mass is 9.85. The van der Waals surface area contributed by atoms with Crippen LogP contribution in [-0.2, 0) is 14.8 Å². The number of halogens is 3. The molecular weight excluding hydrogens is 457 g/mol. The summed E-state index contributed by atoms with van der Waals surface area (Å²) < 4.78 is 76.4. The monoisotopic (exact) mass is 484 g/mol. The highest BCUT2D eigenvalue weighted by Crippen LogP contribution is 2.39. The Kier molecular flexibility index (Phi) is 6.56. The first kappa shape index (κ1) is 23.8. The van der Waals surface area contributed by atoms with E-state index in [-0.39, 0.29) is 17.5 Å². The van der Waals surface area contributed by atoms with Gasteiger partial charge in [0.2, 0.25) is 5.95 Å². The fourth-order valence-electron chi connectivity index (χ4n) is 4.96. The lowest BCUT2D eigenvalue weighted by Gasteiger charge is -2.44. The molecule has 0 bridgehead atoms. The number of ether oxygens (including phenoxy) is 1. The molecule has 7 nitrogen and oxygen atoms in total. The Morgan fingerprint density at radius 2 is 1.91 bits per heavy atom. The van der Waals surface area contributed by atoms with Crippen LogP contribution in [0.1, 0.15) is 25.7 Å². The highest BCUT2D eigenvalue weighted by Gasteiger charge is 2.47. The van der Waals surface area contributed by atoms with E-state index in [0.29, 0.717) is 19.5 Å². The molecule has 0 spiro atoms. The van der Waals surface area contributed by atoms with Gasteiger partial charge >= 0.3 is 0 Å². The zero-order valence-corrected chi connectivity index (χ0v) is 19.3. The fourth-order valence-corrected chi connectivity index (χ4v) is 6.03. The molecule has 2 fully saturated rings. The van der Waals surface area contributed by atoms with Crippen molar-refractivity contribution in [3.63, 3.8) is 0 Å². The van der Waals surface area contributed by atoms with Crippen molar-refractivity contribution in [2.75, 3.05) is 43.4 Å². The van der Waals surface area contributed by atoms with Crippen LogP contribution in [0.2, 0.25) is 0 Å². The van der Waals surface area contributed by atoms with Gasteiger partial charge in [-0.05, 0) is 57.1 Å². The largest absolute Gasteiger partial charge is 0.375 e. The van der Waals surface area contributed by atoms with E-state index in [1.165, 1.54) is 18.2 Å². The van der Waals surface area contributed by atoms with Crippen LogP contribution < -0.4 is 9.62 Å². The zero-order valence-electron chi connectivity index (χ0n) is 18.5. The average molecular weight is 485 g/mol. The third kappa shape index (κ3) is 4.53. The van der Waals surface area contributed by atoms with Crippen LogP contribution in [0.3, 0.4) is 0 Å². The summed E-state index contributed by atoms with van der Waals surface area (Å²) in [5.74, 6) is -3.99. The van der Waals surface area contributed by atoms with Crippen molar-refractivity contribution in [2.45, 2.75) is 42.2 Å². The molecule has 0 radical (unpaired) electrons. The number of aromatic nitrogens is 1. The lowest BCUT2D eigenvalue weighted by molar-refractivity contribution is -0.0689. The second kappa shape index (κ2) is 9.11. The predicted octanol–water partition coefficient (Wildman–Crippen LogP) is 3.38. The molecule has 2 atom stereocenters. The SMILES string of the molecule is COC1(C2CCCCN2C)CCN(c2ccc(S(=O)(=O)Nc3cccc(F)n3)c(F)c2F)C1. The number of nitrogens with zero attached hydrogens (tertiary/aromatic N) is 3. The van der Waals surface area contributed by atoms with Crippen LogP contribution in [0.4, 0.5) is 24.7 Å². The number of anilines is 2. The van der Waals surface area contributed by atoms with E-state index in [2.05, 4.69) is 9.88 Å². The Morgan fingerprint density at radius 3 is 2.61 bits per heavy atom. The molecule has 11 heteroatoms. The molecule has 1 aromatic heterocycles. The van der Waals surface area contributed by atoms with Crippen LogP contribution in [-0.4, -0.2) is 63.7 Å². The van der Waals surface area contributed by atoms with Gasteiger partial charge in [0.1, 0.15) is 16.3 Å². The summed E-state index contributed by atoms with van der Waals surface area (Å²) in [6.07, 6.45) is 3.81. The first-order chi connectivity index (χ1) is 15.7. The van der Waals surface area contributed by atoms with Gasteiger partial charge in [-0.25, -0.2) is 22.2 Å². The fraction of sp³-hybridized carbons (Fsp3) is 0.500. The van der Waals surface area contributed by atoms with Gasteiger partial charge in [-0.15, -0.1) is 0 Å². The summed E-state index contributed by atoms with van der Waals surface area (Å²) in [6.45, 7) is 1.77. The number of likely N-dealkylation sites (tertiary alicyclic amines) is 1. The highest BCUT2D eigenvalue weighted by molar-refractivity contribution is 7.92. The molecule has 0 saturated carbocycles. The van der Waals surface area contributed by atoms with E-state index in [1.807, 2.05) is 11.8 Å². The summed E-state index contributed by atoms with van der Waals surface area (Å²) in [6, 6.07) is 5.92. The molecule has 2 aromatic rings. The lowest BCUT2D eigenvalue weighted by Crippen LogP contribution is -2.56. The molecule has 0 amide bonds. The van der Waals surface area contributed by atoms with Crippen LogP contribution in [0, 0.1) is 17.6 Å². The normalized spacial score (nSPS) is 24.3. The number of methoxy groups -OCH3 is 1. The van der Waals surface area contributed by atoms with Crippen LogP contribution in [0.5, 0.6) is 0 Å². The Balaban J connectivity index is 1.59. The van der Waals surface area contributed by atoms with Crippen molar-refractivity contribution >= 4 is 21.5 Å². The van der Waals surface area contributed by atoms with E-state index in [4.69, 9.17) is 4.74 Å². The number of piperidine rings is 1. The Bertz CT molecular complexity index is 1130. The topological polar surface area (TPSA) is 74.8 Å². The van der Waals surface area contributed by atoms with Crippen molar-refractivity contribution < 1.29 is 26.3 Å². The number of pyridine rings is 1. The highest BCUT2D eigenvalue weighted by atomic mass is 32.2.